The molecule has 0 aliphatic heterocycles. The molecule has 3 aromatic rings. The van der Waals surface area contributed by atoms with E-state index >= 15 is 0 Å². The molecule has 5 nitrogen and oxygen atoms in total. The number of carbonyl (C=O) groups excluding carboxylic acids is 2. The molecule has 0 amide bonds. The number of nitrogens with zero attached hydrogens (tertiary/aromatic N) is 1. The maximum absolute atomic E-state index is 12.3. The average molecular weight is 342 g/mol. The van der Waals surface area contributed by atoms with Crippen molar-refractivity contribution in [2.45, 2.75) is 6.92 Å². The Kier molecular flexibility index (Phi) is 4.44. The van der Waals surface area contributed by atoms with Gasteiger partial charge in [-0.1, -0.05) is 11.6 Å². The van der Waals surface area contributed by atoms with Gasteiger partial charge in [-0.2, -0.15) is 0 Å². The van der Waals surface area contributed by atoms with Crippen molar-refractivity contribution in [1.82, 2.24) is 4.98 Å². The minimum atomic E-state index is -0.543. The third-order valence-electron chi connectivity index (χ3n) is 3.23. The number of benzene rings is 2. The normalized spacial score (nSPS) is 10.4. The van der Waals surface area contributed by atoms with Gasteiger partial charge >= 0.3 is 11.9 Å². The van der Waals surface area contributed by atoms with Gasteiger partial charge < -0.3 is 9.47 Å². The molecule has 24 heavy (non-hydrogen) atoms. The van der Waals surface area contributed by atoms with E-state index in [1.807, 2.05) is 0 Å². The molecule has 120 valence electrons. The molecule has 0 spiro atoms. The molecule has 0 unspecified atom stereocenters. The van der Waals surface area contributed by atoms with E-state index in [1.54, 1.807) is 30.5 Å². The Morgan fingerprint density at radius 1 is 1.00 bits per heavy atom. The topological polar surface area (TPSA) is 65.5 Å². The summed E-state index contributed by atoms with van der Waals surface area (Å²) in [6.45, 7) is 1.31. The summed E-state index contributed by atoms with van der Waals surface area (Å²) in [7, 11) is 0. The molecule has 0 N–H and O–H groups in total. The smallest absolute Gasteiger partial charge is 0.343 e. The first-order chi connectivity index (χ1) is 11.5. The molecule has 1 aromatic heterocycles. The number of pyridine rings is 1. The van der Waals surface area contributed by atoms with E-state index in [0.29, 0.717) is 33.0 Å². The van der Waals surface area contributed by atoms with Crippen LogP contribution in [0.25, 0.3) is 10.9 Å². The number of hydrogen-bond acceptors (Lipinski definition) is 5. The molecule has 0 radical (unpaired) electrons. The summed E-state index contributed by atoms with van der Waals surface area (Å²) in [6, 6.07) is 12.9. The standard InChI is InChI=1S/C18H12ClNO4/c1-11(21)23-13-6-4-12(5-7-13)18(22)24-16-9-8-15(19)14-3-2-10-20-17(14)16/h2-10H,1H3. The maximum Gasteiger partial charge on any atom is 0.343 e. The van der Waals surface area contributed by atoms with Crippen molar-refractivity contribution in [3.8, 4) is 11.5 Å². The van der Waals surface area contributed by atoms with Crippen LogP contribution < -0.4 is 9.47 Å². The van der Waals surface area contributed by atoms with E-state index < -0.39 is 11.9 Å². The molecule has 0 atom stereocenters. The van der Waals surface area contributed by atoms with E-state index in [-0.39, 0.29) is 0 Å². The van der Waals surface area contributed by atoms with Gasteiger partial charge in [0, 0.05) is 18.5 Å². The minimum Gasteiger partial charge on any atom is -0.427 e. The Bertz CT molecular complexity index is 922. The van der Waals surface area contributed by atoms with Crippen LogP contribution >= 0.6 is 11.6 Å². The van der Waals surface area contributed by atoms with E-state index in [4.69, 9.17) is 21.1 Å². The van der Waals surface area contributed by atoms with Gasteiger partial charge in [-0.3, -0.25) is 9.78 Å². The first-order valence-corrected chi connectivity index (χ1v) is 7.46. The summed E-state index contributed by atoms with van der Waals surface area (Å²) in [6.07, 6.45) is 1.60. The lowest BCUT2D eigenvalue weighted by molar-refractivity contribution is -0.131. The third-order valence-corrected chi connectivity index (χ3v) is 3.56. The van der Waals surface area contributed by atoms with Gasteiger partial charge in [-0.05, 0) is 48.5 Å². The van der Waals surface area contributed by atoms with Crippen LogP contribution in [0.1, 0.15) is 17.3 Å². The number of ether oxygens (including phenoxy) is 2. The second kappa shape index (κ2) is 6.68. The molecule has 0 bridgehead atoms. The summed E-state index contributed by atoms with van der Waals surface area (Å²) >= 11 is 6.12. The number of hydrogen-bond donors (Lipinski definition) is 0. The van der Waals surface area contributed by atoms with Crippen LogP contribution in [-0.4, -0.2) is 16.9 Å². The number of halogens is 1. The van der Waals surface area contributed by atoms with E-state index in [2.05, 4.69) is 4.98 Å². The molecule has 0 saturated heterocycles. The largest absolute Gasteiger partial charge is 0.427 e. The molecular formula is C18H12ClNO4. The molecular weight excluding hydrogens is 330 g/mol. The van der Waals surface area contributed by atoms with Gasteiger partial charge in [-0.25, -0.2) is 4.79 Å². The van der Waals surface area contributed by atoms with Crippen molar-refractivity contribution in [1.29, 1.82) is 0 Å². The van der Waals surface area contributed by atoms with Crippen LogP contribution in [0.4, 0.5) is 0 Å². The SMILES string of the molecule is CC(=O)Oc1ccc(C(=O)Oc2ccc(Cl)c3cccnc23)cc1. The predicted octanol–water partition coefficient (Wildman–Crippen LogP) is 4.03. The number of esters is 2. The highest BCUT2D eigenvalue weighted by atomic mass is 35.5. The van der Waals surface area contributed by atoms with Gasteiger partial charge in [-0.15, -0.1) is 0 Å². The number of aromatic nitrogens is 1. The van der Waals surface area contributed by atoms with Crippen molar-refractivity contribution in [3.63, 3.8) is 0 Å². The monoisotopic (exact) mass is 341 g/mol. The van der Waals surface area contributed by atoms with Crippen LogP contribution in [0.5, 0.6) is 11.5 Å². The molecule has 1 heterocycles. The fourth-order valence-corrected chi connectivity index (χ4v) is 2.39. The fraction of sp³-hybridized carbons (Fsp3) is 0.0556. The van der Waals surface area contributed by atoms with Crippen molar-refractivity contribution < 1.29 is 19.1 Å². The summed E-state index contributed by atoms with van der Waals surface area (Å²) < 4.78 is 10.3. The van der Waals surface area contributed by atoms with Gasteiger partial charge in [0.1, 0.15) is 11.3 Å². The zero-order valence-electron chi connectivity index (χ0n) is 12.7. The first-order valence-electron chi connectivity index (χ1n) is 7.08. The molecule has 0 fully saturated rings. The summed E-state index contributed by atoms with van der Waals surface area (Å²) in [5.41, 5.74) is 0.833. The Hall–Kier alpha value is -2.92. The van der Waals surface area contributed by atoms with Crippen LogP contribution in [0.3, 0.4) is 0 Å². The number of fused-ring (bicyclic) bond motifs is 1. The lowest BCUT2D eigenvalue weighted by atomic mass is 10.2. The van der Waals surface area contributed by atoms with E-state index in [9.17, 15) is 9.59 Å². The Labute approximate surface area is 142 Å². The highest BCUT2D eigenvalue weighted by Crippen LogP contribution is 2.30. The number of rotatable bonds is 3. The highest BCUT2D eigenvalue weighted by Gasteiger charge is 2.13. The van der Waals surface area contributed by atoms with E-state index in [0.717, 1.165) is 0 Å². The zero-order chi connectivity index (χ0) is 17.1. The fourth-order valence-electron chi connectivity index (χ4n) is 2.18. The summed E-state index contributed by atoms with van der Waals surface area (Å²) in [5.74, 6) is -0.288. The Morgan fingerprint density at radius 2 is 1.75 bits per heavy atom. The zero-order valence-corrected chi connectivity index (χ0v) is 13.4. The third kappa shape index (κ3) is 3.36. The first kappa shape index (κ1) is 16.0. The van der Waals surface area contributed by atoms with Gasteiger partial charge in [0.25, 0.3) is 0 Å². The van der Waals surface area contributed by atoms with Gasteiger partial charge in [0.15, 0.2) is 5.75 Å². The van der Waals surface area contributed by atoms with Crippen LogP contribution in [-0.2, 0) is 4.79 Å². The molecule has 0 aliphatic carbocycles. The van der Waals surface area contributed by atoms with Crippen molar-refractivity contribution in [3.05, 3.63) is 65.3 Å². The average Bonchev–Trinajstić information content (AvgIpc) is 2.58. The Morgan fingerprint density at radius 3 is 2.46 bits per heavy atom. The van der Waals surface area contributed by atoms with Gasteiger partial charge in [0.2, 0.25) is 0 Å². The van der Waals surface area contributed by atoms with Crippen molar-refractivity contribution >= 4 is 34.4 Å². The quantitative estimate of drug-likeness (QED) is 0.531. The lowest BCUT2D eigenvalue weighted by Crippen LogP contribution is -2.09. The molecule has 3 rings (SSSR count). The maximum atomic E-state index is 12.3. The van der Waals surface area contributed by atoms with Crippen molar-refractivity contribution in [2.24, 2.45) is 0 Å². The second-order valence-electron chi connectivity index (χ2n) is 4.95. The van der Waals surface area contributed by atoms with Gasteiger partial charge in [0.05, 0.1) is 10.6 Å². The summed E-state index contributed by atoms with van der Waals surface area (Å²) in [5, 5.41) is 1.23. The molecule has 0 aliphatic rings. The summed E-state index contributed by atoms with van der Waals surface area (Å²) in [4.78, 5) is 27.4. The van der Waals surface area contributed by atoms with E-state index in [1.165, 1.54) is 31.2 Å². The Balaban J connectivity index is 1.85. The van der Waals surface area contributed by atoms with Crippen LogP contribution in [0.2, 0.25) is 5.02 Å². The van der Waals surface area contributed by atoms with Crippen LogP contribution in [0.15, 0.2) is 54.7 Å². The molecule has 6 heteroatoms. The predicted molar refractivity (Wildman–Crippen MR) is 89.5 cm³/mol. The number of carbonyl (C=O) groups is 2. The second-order valence-corrected chi connectivity index (χ2v) is 5.36. The van der Waals surface area contributed by atoms with Crippen molar-refractivity contribution in [2.75, 3.05) is 0 Å². The molecule has 2 aromatic carbocycles. The minimum absolute atomic E-state index is 0.323. The highest BCUT2D eigenvalue weighted by molar-refractivity contribution is 6.35. The molecule has 0 saturated carbocycles. The lowest BCUT2D eigenvalue weighted by Gasteiger charge is -2.08. The van der Waals surface area contributed by atoms with Crippen LogP contribution in [0, 0.1) is 0 Å².